The summed E-state index contributed by atoms with van der Waals surface area (Å²) in [4.78, 5) is 0. The van der Waals surface area contributed by atoms with E-state index in [0.717, 1.165) is 11.8 Å². The normalized spacial score (nSPS) is 40.4. The van der Waals surface area contributed by atoms with Crippen molar-refractivity contribution in [1.29, 1.82) is 0 Å². The average molecular weight is 181 g/mol. The Hall–Kier alpha value is -0.0400. The zero-order valence-corrected chi connectivity index (χ0v) is 9.10. The van der Waals surface area contributed by atoms with Crippen molar-refractivity contribution in [1.82, 2.24) is 5.32 Å². The molecule has 2 rings (SSSR count). The summed E-state index contributed by atoms with van der Waals surface area (Å²) in [7, 11) is 0. The first kappa shape index (κ1) is 9.51. The van der Waals surface area contributed by atoms with E-state index in [0.29, 0.717) is 5.54 Å². The van der Waals surface area contributed by atoms with Crippen molar-refractivity contribution in [3.63, 3.8) is 0 Å². The highest BCUT2D eigenvalue weighted by Crippen LogP contribution is 2.43. The van der Waals surface area contributed by atoms with Gasteiger partial charge in [0.05, 0.1) is 0 Å². The van der Waals surface area contributed by atoms with Crippen LogP contribution < -0.4 is 5.32 Å². The summed E-state index contributed by atoms with van der Waals surface area (Å²) in [6.07, 6.45) is 8.67. The molecule has 1 nitrogen and oxygen atoms in total. The third kappa shape index (κ3) is 1.63. The molecule has 2 aliphatic rings. The van der Waals surface area contributed by atoms with Gasteiger partial charge in [0.1, 0.15) is 0 Å². The fourth-order valence-corrected chi connectivity index (χ4v) is 3.60. The van der Waals surface area contributed by atoms with E-state index >= 15 is 0 Å². The summed E-state index contributed by atoms with van der Waals surface area (Å²) in [6, 6.07) is 0. The van der Waals surface area contributed by atoms with Crippen LogP contribution in [0.1, 0.15) is 52.4 Å². The second kappa shape index (κ2) is 3.61. The molecule has 0 aromatic heterocycles. The van der Waals surface area contributed by atoms with Crippen molar-refractivity contribution < 1.29 is 0 Å². The molecule has 1 heteroatoms. The van der Waals surface area contributed by atoms with Gasteiger partial charge in [-0.3, -0.25) is 0 Å². The van der Waals surface area contributed by atoms with E-state index in [1.54, 1.807) is 0 Å². The minimum atomic E-state index is 0.562. The molecular formula is C12H23N. The van der Waals surface area contributed by atoms with E-state index in [2.05, 4.69) is 19.2 Å². The lowest BCUT2D eigenvalue weighted by Gasteiger charge is -2.44. The summed E-state index contributed by atoms with van der Waals surface area (Å²) in [5.41, 5.74) is 0.562. The first-order valence-corrected chi connectivity index (χ1v) is 6.00. The van der Waals surface area contributed by atoms with Crippen LogP contribution in [0, 0.1) is 11.8 Å². The Labute approximate surface area is 82.3 Å². The third-order valence-corrected chi connectivity index (χ3v) is 4.18. The van der Waals surface area contributed by atoms with E-state index < -0.39 is 0 Å². The zero-order chi connectivity index (χ0) is 9.31. The van der Waals surface area contributed by atoms with Crippen LogP contribution in [0.15, 0.2) is 0 Å². The van der Waals surface area contributed by atoms with Gasteiger partial charge in [0.15, 0.2) is 0 Å². The van der Waals surface area contributed by atoms with Crippen LogP contribution in [0.3, 0.4) is 0 Å². The maximum atomic E-state index is 3.80. The van der Waals surface area contributed by atoms with Crippen molar-refractivity contribution >= 4 is 0 Å². The average Bonchev–Trinajstić information content (AvgIpc) is 2.54. The van der Waals surface area contributed by atoms with Gasteiger partial charge in [-0.25, -0.2) is 0 Å². The van der Waals surface area contributed by atoms with Gasteiger partial charge in [-0.05, 0) is 44.1 Å². The van der Waals surface area contributed by atoms with Gasteiger partial charge >= 0.3 is 0 Å². The molecule has 0 radical (unpaired) electrons. The topological polar surface area (TPSA) is 12.0 Å². The van der Waals surface area contributed by atoms with Crippen LogP contribution >= 0.6 is 0 Å². The van der Waals surface area contributed by atoms with E-state index in [1.165, 1.54) is 45.1 Å². The summed E-state index contributed by atoms with van der Waals surface area (Å²) in [6.45, 7) is 6.07. The minimum absolute atomic E-state index is 0.562. The lowest BCUT2D eigenvalue weighted by molar-refractivity contribution is 0.121. The molecule has 1 heterocycles. The molecule has 0 aromatic rings. The molecule has 1 aliphatic carbocycles. The maximum absolute atomic E-state index is 3.80. The highest BCUT2D eigenvalue weighted by atomic mass is 15.0. The number of hydrogen-bond acceptors (Lipinski definition) is 1. The largest absolute Gasteiger partial charge is 0.311 e. The van der Waals surface area contributed by atoms with E-state index in [1.807, 2.05) is 0 Å². The van der Waals surface area contributed by atoms with Gasteiger partial charge < -0.3 is 5.32 Å². The first-order valence-electron chi connectivity index (χ1n) is 6.00. The van der Waals surface area contributed by atoms with E-state index in [9.17, 15) is 0 Å². The number of nitrogens with one attached hydrogen (secondary N) is 1. The van der Waals surface area contributed by atoms with Crippen molar-refractivity contribution in [2.24, 2.45) is 11.8 Å². The van der Waals surface area contributed by atoms with Crippen LogP contribution in [-0.2, 0) is 0 Å². The lowest BCUT2D eigenvalue weighted by atomic mass is 9.67. The zero-order valence-electron chi connectivity index (χ0n) is 9.10. The third-order valence-electron chi connectivity index (χ3n) is 4.18. The smallest absolute Gasteiger partial charge is 0.0212 e. The monoisotopic (exact) mass is 181 g/mol. The second-order valence-corrected chi connectivity index (χ2v) is 5.28. The summed E-state index contributed by atoms with van der Waals surface area (Å²) in [5.74, 6) is 1.81. The van der Waals surface area contributed by atoms with Crippen molar-refractivity contribution in [2.75, 3.05) is 6.54 Å². The Balaban J connectivity index is 2.12. The molecular weight excluding hydrogens is 158 g/mol. The summed E-state index contributed by atoms with van der Waals surface area (Å²) in [5, 5.41) is 3.80. The molecule has 2 fully saturated rings. The summed E-state index contributed by atoms with van der Waals surface area (Å²) < 4.78 is 0. The fraction of sp³-hybridized carbons (Fsp3) is 1.00. The van der Waals surface area contributed by atoms with Gasteiger partial charge in [-0.1, -0.05) is 26.7 Å². The fourth-order valence-electron chi connectivity index (χ4n) is 3.60. The van der Waals surface area contributed by atoms with Gasteiger partial charge in [0, 0.05) is 5.54 Å². The van der Waals surface area contributed by atoms with Crippen molar-refractivity contribution in [2.45, 2.75) is 57.9 Å². The predicted octanol–water partition coefficient (Wildman–Crippen LogP) is 2.95. The molecule has 76 valence electrons. The van der Waals surface area contributed by atoms with Crippen LogP contribution in [-0.4, -0.2) is 12.1 Å². The van der Waals surface area contributed by atoms with Gasteiger partial charge in [0.25, 0.3) is 0 Å². The molecule has 0 amide bonds. The Morgan fingerprint density at radius 2 is 1.92 bits per heavy atom. The number of hydrogen-bond donors (Lipinski definition) is 1. The Morgan fingerprint density at radius 1 is 1.15 bits per heavy atom. The second-order valence-electron chi connectivity index (χ2n) is 5.28. The maximum Gasteiger partial charge on any atom is 0.0212 e. The van der Waals surface area contributed by atoms with Crippen LogP contribution in [0.5, 0.6) is 0 Å². The van der Waals surface area contributed by atoms with Gasteiger partial charge in [-0.2, -0.15) is 0 Å². The molecule has 13 heavy (non-hydrogen) atoms. The molecule has 1 saturated heterocycles. The lowest BCUT2D eigenvalue weighted by Crippen LogP contribution is -2.50. The number of rotatable bonds is 1. The molecule has 0 aromatic carbocycles. The van der Waals surface area contributed by atoms with Crippen LogP contribution in [0.2, 0.25) is 0 Å². The molecule has 0 unspecified atom stereocenters. The van der Waals surface area contributed by atoms with Crippen LogP contribution in [0.4, 0.5) is 0 Å². The Bertz CT molecular complexity index is 168. The van der Waals surface area contributed by atoms with Gasteiger partial charge in [-0.15, -0.1) is 0 Å². The molecule has 0 bridgehead atoms. The van der Waals surface area contributed by atoms with E-state index in [-0.39, 0.29) is 0 Å². The van der Waals surface area contributed by atoms with Crippen molar-refractivity contribution in [3.8, 4) is 0 Å². The van der Waals surface area contributed by atoms with Crippen LogP contribution in [0.25, 0.3) is 0 Å². The quantitative estimate of drug-likeness (QED) is 0.656. The molecule has 1 spiro atoms. The molecule has 1 N–H and O–H groups in total. The van der Waals surface area contributed by atoms with Gasteiger partial charge in [0.2, 0.25) is 0 Å². The Morgan fingerprint density at radius 3 is 2.54 bits per heavy atom. The highest BCUT2D eigenvalue weighted by Gasteiger charge is 2.43. The Kier molecular flexibility index (Phi) is 2.64. The summed E-state index contributed by atoms with van der Waals surface area (Å²) >= 11 is 0. The predicted molar refractivity (Wildman–Crippen MR) is 56.8 cm³/mol. The molecule has 2 atom stereocenters. The first-order chi connectivity index (χ1) is 6.25. The van der Waals surface area contributed by atoms with Crippen molar-refractivity contribution in [3.05, 3.63) is 0 Å². The minimum Gasteiger partial charge on any atom is -0.311 e. The molecule has 1 aliphatic heterocycles. The SMILES string of the molecule is CC(C)[C@@H]1CCCC[C@@]12CCCN2. The van der Waals surface area contributed by atoms with E-state index in [4.69, 9.17) is 0 Å². The molecule has 1 saturated carbocycles. The standard InChI is InChI=1S/C12H23N/c1-10(2)11-6-3-4-7-12(11)8-5-9-13-12/h10-11,13H,3-9H2,1-2H3/t11-,12+/m0/s1. The highest BCUT2D eigenvalue weighted by molar-refractivity contribution is 5.01.